The number of anilines is 2. The molecule has 10 nitrogen and oxygen atoms in total. The van der Waals surface area contributed by atoms with Crippen LogP contribution in [-0.2, 0) is 11.3 Å². The number of piperidine rings is 1. The maximum atomic E-state index is 12.5. The Kier molecular flexibility index (Phi) is 6.06. The molecule has 3 amide bonds. The number of nitrogens with zero attached hydrogens (tertiary/aromatic N) is 5. The van der Waals surface area contributed by atoms with E-state index in [-0.39, 0.29) is 18.5 Å². The van der Waals surface area contributed by atoms with E-state index in [1.165, 1.54) is 6.33 Å². The zero-order valence-corrected chi connectivity index (χ0v) is 17.1. The molecule has 2 N–H and O–H groups in total. The van der Waals surface area contributed by atoms with Gasteiger partial charge in [-0.2, -0.15) is 5.10 Å². The van der Waals surface area contributed by atoms with Crippen LogP contribution in [0.25, 0.3) is 5.82 Å². The van der Waals surface area contributed by atoms with Crippen molar-refractivity contribution in [3.63, 3.8) is 0 Å². The summed E-state index contributed by atoms with van der Waals surface area (Å²) >= 11 is 0. The first-order valence-corrected chi connectivity index (χ1v) is 9.98. The van der Waals surface area contributed by atoms with Crippen LogP contribution in [0.4, 0.5) is 16.2 Å². The third-order valence-electron chi connectivity index (χ3n) is 4.99. The van der Waals surface area contributed by atoms with Crippen molar-refractivity contribution >= 4 is 23.3 Å². The van der Waals surface area contributed by atoms with E-state index >= 15 is 0 Å². The highest BCUT2D eigenvalue weighted by molar-refractivity contribution is 5.97. The maximum Gasteiger partial charge on any atom is 0.319 e. The van der Waals surface area contributed by atoms with Crippen molar-refractivity contribution in [3.8, 4) is 11.6 Å². The van der Waals surface area contributed by atoms with Gasteiger partial charge in [-0.15, -0.1) is 0 Å². The van der Waals surface area contributed by atoms with Gasteiger partial charge in [0.2, 0.25) is 5.91 Å². The molecule has 1 aliphatic rings. The number of carbonyl (C=O) groups is 2. The number of amides is 3. The highest BCUT2D eigenvalue weighted by atomic mass is 16.5. The fraction of sp³-hybridized carbons (Fsp3) is 0.286. The van der Waals surface area contributed by atoms with E-state index in [1.54, 1.807) is 53.5 Å². The van der Waals surface area contributed by atoms with Gasteiger partial charge in [0.05, 0.1) is 12.8 Å². The molecule has 0 spiro atoms. The average Bonchev–Trinajstić information content (AvgIpc) is 3.33. The summed E-state index contributed by atoms with van der Waals surface area (Å²) in [7, 11) is 1.56. The monoisotopic (exact) mass is 421 g/mol. The molecule has 3 heterocycles. The van der Waals surface area contributed by atoms with Gasteiger partial charge in [0.1, 0.15) is 18.4 Å². The molecule has 0 bridgehead atoms. The average molecular weight is 421 g/mol. The fourth-order valence-electron chi connectivity index (χ4n) is 3.48. The van der Waals surface area contributed by atoms with Crippen molar-refractivity contribution in [2.45, 2.75) is 25.8 Å². The lowest BCUT2D eigenvalue weighted by Gasteiger charge is -2.28. The number of pyridine rings is 1. The zero-order valence-electron chi connectivity index (χ0n) is 17.1. The molecule has 10 heteroatoms. The van der Waals surface area contributed by atoms with E-state index in [9.17, 15) is 9.59 Å². The maximum absolute atomic E-state index is 12.5. The summed E-state index contributed by atoms with van der Waals surface area (Å²) in [6.07, 6.45) is 6.97. The SMILES string of the molecule is COc1ccc(NC(=O)NCc2cccnc2-n2cncn2)cc1N1CCCCC1=O. The van der Waals surface area contributed by atoms with Crippen LogP contribution in [-0.4, -0.2) is 45.3 Å². The summed E-state index contributed by atoms with van der Waals surface area (Å²) in [4.78, 5) is 34.8. The number of ether oxygens (including phenoxy) is 1. The van der Waals surface area contributed by atoms with Gasteiger partial charge < -0.3 is 20.3 Å². The number of methoxy groups -OCH3 is 1. The molecule has 1 aromatic carbocycles. The lowest BCUT2D eigenvalue weighted by atomic mass is 10.1. The largest absolute Gasteiger partial charge is 0.495 e. The van der Waals surface area contributed by atoms with Crippen molar-refractivity contribution in [1.29, 1.82) is 0 Å². The number of rotatable bonds is 6. The van der Waals surface area contributed by atoms with Crippen LogP contribution in [0, 0.1) is 0 Å². The van der Waals surface area contributed by atoms with E-state index in [4.69, 9.17) is 4.74 Å². The van der Waals surface area contributed by atoms with Gasteiger partial charge in [0.15, 0.2) is 5.82 Å². The predicted octanol–water partition coefficient (Wildman–Crippen LogP) is 2.51. The number of aromatic nitrogens is 4. The molecule has 1 aliphatic heterocycles. The molecule has 0 aliphatic carbocycles. The van der Waals surface area contributed by atoms with Gasteiger partial charge in [0, 0.05) is 37.0 Å². The normalized spacial score (nSPS) is 13.7. The summed E-state index contributed by atoms with van der Waals surface area (Å²) in [6, 6.07) is 8.51. The number of urea groups is 1. The van der Waals surface area contributed by atoms with E-state index < -0.39 is 0 Å². The second-order valence-corrected chi connectivity index (χ2v) is 7.02. The van der Waals surface area contributed by atoms with Gasteiger partial charge in [-0.1, -0.05) is 6.07 Å². The third kappa shape index (κ3) is 4.63. The van der Waals surface area contributed by atoms with Crippen LogP contribution in [0.5, 0.6) is 5.75 Å². The van der Waals surface area contributed by atoms with E-state index in [0.717, 1.165) is 18.4 Å². The van der Waals surface area contributed by atoms with E-state index in [1.807, 2.05) is 6.07 Å². The van der Waals surface area contributed by atoms with Crippen LogP contribution < -0.4 is 20.3 Å². The van der Waals surface area contributed by atoms with Gasteiger partial charge in [0.25, 0.3) is 0 Å². The van der Waals surface area contributed by atoms with Crippen molar-refractivity contribution in [1.82, 2.24) is 25.1 Å². The van der Waals surface area contributed by atoms with Crippen molar-refractivity contribution in [3.05, 3.63) is 54.7 Å². The molecule has 1 fully saturated rings. The number of nitrogens with one attached hydrogen (secondary N) is 2. The first-order chi connectivity index (χ1) is 15.2. The second kappa shape index (κ2) is 9.24. The lowest BCUT2D eigenvalue weighted by molar-refractivity contribution is -0.119. The topological polar surface area (TPSA) is 114 Å². The summed E-state index contributed by atoms with van der Waals surface area (Å²) in [5.41, 5.74) is 2.01. The Morgan fingerprint density at radius 3 is 2.94 bits per heavy atom. The Hall–Kier alpha value is -3.95. The van der Waals surface area contributed by atoms with Crippen LogP contribution in [0.2, 0.25) is 0 Å². The Bertz CT molecular complexity index is 1070. The fourth-order valence-corrected chi connectivity index (χ4v) is 3.48. The first kappa shape index (κ1) is 20.3. The van der Waals surface area contributed by atoms with Crippen molar-refractivity contribution in [2.75, 3.05) is 23.9 Å². The Morgan fingerprint density at radius 1 is 1.26 bits per heavy atom. The Morgan fingerprint density at radius 2 is 2.16 bits per heavy atom. The minimum Gasteiger partial charge on any atom is -0.495 e. The number of carbonyl (C=O) groups excluding carboxylic acids is 2. The highest BCUT2D eigenvalue weighted by Gasteiger charge is 2.23. The van der Waals surface area contributed by atoms with Crippen molar-refractivity contribution in [2.24, 2.45) is 0 Å². The lowest BCUT2D eigenvalue weighted by Crippen LogP contribution is -2.35. The number of benzene rings is 1. The Balaban J connectivity index is 1.45. The molecule has 0 atom stereocenters. The summed E-state index contributed by atoms with van der Waals surface area (Å²) in [6.45, 7) is 0.888. The Labute approximate surface area is 179 Å². The summed E-state index contributed by atoms with van der Waals surface area (Å²) in [5, 5.41) is 9.73. The standard InChI is InChI=1S/C21H23N7O3/c1-31-18-8-7-16(11-17(18)27-10-3-2-6-19(27)29)26-21(30)24-12-15-5-4-9-23-20(15)28-14-22-13-25-28/h4-5,7-9,11,13-14H,2-3,6,10,12H2,1H3,(H2,24,26,30). The third-order valence-corrected chi connectivity index (χ3v) is 4.99. The highest BCUT2D eigenvalue weighted by Crippen LogP contribution is 2.33. The molecular weight excluding hydrogens is 398 g/mol. The molecule has 4 rings (SSSR count). The van der Waals surface area contributed by atoms with Gasteiger partial charge in [-0.3, -0.25) is 4.79 Å². The molecule has 1 saturated heterocycles. The molecule has 3 aromatic rings. The van der Waals surface area contributed by atoms with Crippen LogP contribution in [0.15, 0.2) is 49.2 Å². The van der Waals surface area contributed by atoms with E-state index in [0.29, 0.717) is 35.9 Å². The number of hydrogen-bond acceptors (Lipinski definition) is 6. The molecule has 160 valence electrons. The van der Waals surface area contributed by atoms with E-state index in [2.05, 4.69) is 25.7 Å². The minimum absolute atomic E-state index is 0.0587. The first-order valence-electron chi connectivity index (χ1n) is 9.98. The van der Waals surface area contributed by atoms with Gasteiger partial charge in [-0.05, 0) is 37.1 Å². The molecule has 0 radical (unpaired) electrons. The number of hydrogen-bond donors (Lipinski definition) is 2. The second-order valence-electron chi connectivity index (χ2n) is 7.02. The van der Waals surface area contributed by atoms with Crippen LogP contribution in [0.1, 0.15) is 24.8 Å². The van der Waals surface area contributed by atoms with Crippen LogP contribution in [0.3, 0.4) is 0 Å². The smallest absolute Gasteiger partial charge is 0.319 e. The molecule has 2 aromatic heterocycles. The quantitative estimate of drug-likeness (QED) is 0.632. The predicted molar refractivity (Wildman–Crippen MR) is 114 cm³/mol. The molecule has 0 unspecified atom stereocenters. The molecule has 0 saturated carbocycles. The van der Waals surface area contributed by atoms with Crippen LogP contribution >= 0.6 is 0 Å². The molecular formula is C21H23N7O3. The van der Waals surface area contributed by atoms with Gasteiger partial charge in [-0.25, -0.2) is 19.4 Å². The summed E-state index contributed by atoms with van der Waals surface area (Å²) in [5.74, 6) is 1.24. The zero-order chi connectivity index (χ0) is 21.6. The molecule has 31 heavy (non-hydrogen) atoms. The minimum atomic E-state index is -0.380. The van der Waals surface area contributed by atoms with Gasteiger partial charge >= 0.3 is 6.03 Å². The summed E-state index contributed by atoms with van der Waals surface area (Å²) < 4.78 is 6.96. The van der Waals surface area contributed by atoms with Crippen molar-refractivity contribution < 1.29 is 14.3 Å².